The van der Waals surface area contributed by atoms with Crippen LogP contribution in [0.5, 0.6) is 5.75 Å². The first-order chi connectivity index (χ1) is 15.5. The SMILES string of the molecule is O=C1NC(=Nc2ccc(Cl)cc2)SC1=Cc1ccccc1OCc1ccc(C(=O)O)cc1. The fraction of sp³-hybridized carbons (Fsp3) is 0.0417. The second-order valence-electron chi connectivity index (χ2n) is 6.79. The molecule has 32 heavy (non-hydrogen) atoms. The van der Waals surface area contributed by atoms with Crippen LogP contribution < -0.4 is 10.1 Å². The number of carbonyl (C=O) groups is 2. The van der Waals surface area contributed by atoms with Crippen molar-refractivity contribution in [1.29, 1.82) is 0 Å². The van der Waals surface area contributed by atoms with Gasteiger partial charge in [0, 0.05) is 10.6 Å². The van der Waals surface area contributed by atoms with Gasteiger partial charge >= 0.3 is 5.97 Å². The van der Waals surface area contributed by atoms with E-state index in [0.717, 1.165) is 11.1 Å². The molecule has 1 heterocycles. The van der Waals surface area contributed by atoms with Gasteiger partial charge in [0.2, 0.25) is 0 Å². The minimum atomic E-state index is -0.972. The molecule has 0 saturated carbocycles. The summed E-state index contributed by atoms with van der Waals surface area (Å²) in [4.78, 5) is 28.3. The van der Waals surface area contributed by atoms with E-state index < -0.39 is 5.97 Å². The molecule has 8 heteroatoms. The fourth-order valence-electron chi connectivity index (χ4n) is 2.89. The average Bonchev–Trinajstić information content (AvgIpc) is 3.13. The molecular weight excluding hydrogens is 448 g/mol. The molecule has 1 amide bonds. The molecule has 1 aliphatic heterocycles. The second-order valence-corrected chi connectivity index (χ2v) is 8.25. The van der Waals surface area contributed by atoms with Crippen LogP contribution in [0.1, 0.15) is 21.5 Å². The lowest BCUT2D eigenvalue weighted by Crippen LogP contribution is -2.19. The minimum Gasteiger partial charge on any atom is -0.488 e. The highest BCUT2D eigenvalue weighted by Crippen LogP contribution is 2.31. The normalized spacial score (nSPS) is 15.7. The van der Waals surface area contributed by atoms with Gasteiger partial charge in [-0.3, -0.25) is 4.79 Å². The summed E-state index contributed by atoms with van der Waals surface area (Å²) >= 11 is 7.14. The quantitative estimate of drug-likeness (QED) is 0.470. The lowest BCUT2D eigenvalue weighted by Gasteiger charge is -2.10. The summed E-state index contributed by atoms with van der Waals surface area (Å²) in [7, 11) is 0. The van der Waals surface area contributed by atoms with Crippen LogP contribution in [0.2, 0.25) is 5.02 Å². The maximum absolute atomic E-state index is 12.4. The Bertz CT molecular complexity index is 1220. The number of carbonyl (C=O) groups excluding carboxylic acids is 1. The van der Waals surface area contributed by atoms with E-state index in [1.807, 2.05) is 24.3 Å². The summed E-state index contributed by atoms with van der Waals surface area (Å²) in [6.45, 7) is 0.267. The number of thioether (sulfide) groups is 1. The van der Waals surface area contributed by atoms with Gasteiger partial charge in [-0.2, -0.15) is 0 Å². The van der Waals surface area contributed by atoms with E-state index in [0.29, 0.717) is 26.5 Å². The molecule has 160 valence electrons. The van der Waals surface area contributed by atoms with Crippen LogP contribution in [-0.4, -0.2) is 22.2 Å². The van der Waals surface area contributed by atoms with Crippen LogP contribution >= 0.6 is 23.4 Å². The monoisotopic (exact) mass is 464 g/mol. The number of ether oxygens (including phenoxy) is 1. The number of carboxylic acid groups (broad SMARTS) is 1. The van der Waals surface area contributed by atoms with Crippen molar-refractivity contribution in [2.24, 2.45) is 4.99 Å². The summed E-state index contributed by atoms with van der Waals surface area (Å²) in [6.07, 6.45) is 1.76. The predicted molar refractivity (Wildman–Crippen MR) is 126 cm³/mol. The van der Waals surface area contributed by atoms with Gasteiger partial charge in [0.1, 0.15) is 12.4 Å². The first-order valence-corrected chi connectivity index (χ1v) is 10.8. The van der Waals surface area contributed by atoms with E-state index in [1.165, 1.54) is 23.9 Å². The molecule has 1 saturated heterocycles. The zero-order valence-electron chi connectivity index (χ0n) is 16.6. The molecule has 0 unspecified atom stereocenters. The van der Waals surface area contributed by atoms with E-state index in [9.17, 15) is 9.59 Å². The number of benzene rings is 3. The first kappa shape index (κ1) is 21.7. The number of amidine groups is 1. The van der Waals surface area contributed by atoms with E-state index >= 15 is 0 Å². The maximum atomic E-state index is 12.4. The number of amides is 1. The third kappa shape index (κ3) is 5.38. The Hall–Kier alpha value is -3.55. The van der Waals surface area contributed by atoms with Crippen LogP contribution in [0, 0.1) is 0 Å². The number of rotatable bonds is 6. The Morgan fingerprint density at radius 3 is 2.50 bits per heavy atom. The van der Waals surface area contributed by atoms with Crippen LogP contribution in [0.15, 0.2) is 82.7 Å². The van der Waals surface area contributed by atoms with Gasteiger partial charge in [0.05, 0.1) is 16.2 Å². The van der Waals surface area contributed by atoms with E-state index in [1.54, 1.807) is 42.5 Å². The van der Waals surface area contributed by atoms with Crippen molar-refractivity contribution in [1.82, 2.24) is 5.32 Å². The van der Waals surface area contributed by atoms with Crippen molar-refractivity contribution in [3.8, 4) is 5.75 Å². The molecule has 0 aromatic heterocycles. The third-order valence-electron chi connectivity index (χ3n) is 4.51. The number of hydrogen-bond donors (Lipinski definition) is 2. The van der Waals surface area contributed by atoms with Gasteiger partial charge in [-0.05, 0) is 65.9 Å². The number of para-hydroxylation sites is 1. The molecule has 2 N–H and O–H groups in total. The van der Waals surface area contributed by atoms with Gasteiger partial charge in [0.15, 0.2) is 5.17 Å². The molecule has 0 spiro atoms. The number of nitrogens with one attached hydrogen (secondary N) is 1. The molecule has 0 radical (unpaired) electrons. The second kappa shape index (κ2) is 9.72. The number of aliphatic imine (C=N–C) groups is 1. The predicted octanol–water partition coefficient (Wildman–Crippen LogP) is 5.51. The van der Waals surface area contributed by atoms with Crippen molar-refractivity contribution in [3.05, 3.63) is 99.4 Å². The van der Waals surface area contributed by atoms with Gasteiger partial charge in [0.25, 0.3) is 5.91 Å². The molecule has 1 fully saturated rings. The molecule has 4 rings (SSSR count). The van der Waals surface area contributed by atoms with Crippen LogP contribution in [0.3, 0.4) is 0 Å². The van der Waals surface area contributed by atoms with Crippen LogP contribution in [0.25, 0.3) is 6.08 Å². The van der Waals surface area contributed by atoms with Crippen LogP contribution in [0.4, 0.5) is 5.69 Å². The fourth-order valence-corrected chi connectivity index (χ4v) is 3.85. The van der Waals surface area contributed by atoms with E-state index in [-0.39, 0.29) is 18.1 Å². The summed E-state index contributed by atoms with van der Waals surface area (Å²) < 4.78 is 5.93. The van der Waals surface area contributed by atoms with Crippen molar-refractivity contribution in [2.75, 3.05) is 0 Å². The van der Waals surface area contributed by atoms with Crippen LogP contribution in [-0.2, 0) is 11.4 Å². The Kier molecular flexibility index (Phi) is 6.58. The molecule has 6 nitrogen and oxygen atoms in total. The number of carboxylic acids is 1. The number of hydrogen-bond acceptors (Lipinski definition) is 5. The highest BCUT2D eigenvalue weighted by Gasteiger charge is 2.24. The molecule has 0 aliphatic carbocycles. The maximum Gasteiger partial charge on any atom is 0.335 e. The zero-order chi connectivity index (χ0) is 22.5. The zero-order valence-corrected chi connectivity index (χ0v) is 18.2. The van der Waals surface area contributed by atoms with Crippen molar-refractivity contribution in [3.63, 3.8) is 0 Å². The molecule has 3 aromatic rings. The van der Waals surface area contributed by atoms with E-state index in [4.69, 9.17) is 21.4 Å². The molecule has 0 atom stereocenters. The van der Waals surface area contributed by atoms with E-state index in [2.05, 4.69) is 10.3 Å². The Labute approximate surface area is 193 Å². The van der Waals surface area contributed by atoms with Crippen molar-refractivity contribution in [2.45, 2.75) is 6.61 Å². The minimum absolute atomic E-state index is 0.222. The molecule has 3 aromatic carbocycles. The Morgan fingerprint density at radius 2 is 1.78 bits per heavy atom. The molecular formula is C24H17ClN2O4S. The van der Waals surface area contributed by atoms with Gasteiger partial charge in [-0.1, -0.05) is 41.9 Å². The largest absolute Gasteiger partial charge is 0.488 e. The highest BCUT2D eigenvalue weighted by atomic mass is 35.5. The first-order valence-electron chi connectivity index (χ1n) is 9.57. The number of halogens is 1. The van der Waals surface area contributed by atoms with Crippen molar-refractivity contribution < 1.29 is 19.4 Å². The van der Waals surface area contributed by atoms with Gasteiger partial charge in [-0.25, -0.2) is 9.79 Å². The third-order valence-corrected chi connectivity index (χ3v) is 5.67. The summed E-state index contributed by atoms with van der Waals surface area (Å²) in [5.41, 5.74) is 2.50. The standard InChI is InChI=1S/C24H17ClN2O4S/c25-18-9-11-19(12-10-18)26-24-27-22(28)21(32-24)13-17-3-1-2-4-20(17)31-14-15-5-7-16(8-6-15)23(29)30/h1-13H,14H2,(H,29,30)(H,26,27,28). The van der Waals surface area contributed by atoms with Gasteiger partial charge < -0.3 is 15.2 Å². The topological polar surface area (TPSA) is 88.0 Å². The lowest BCUT2D eigenvalue weighted by atomic mass is 10.1. The summed E-state index contributed by atoms with van der Waals surface area (Å²) in [6, 6.07) is 20.9. The van der Waals surface area contributed by atoms with Crippen molar-refractivity contribution >= 4 is 52.2 Å². The lowest BCUT2D eigenvalue weighted by molar-refractivity contribution is -0.115. The average molecular weight is 465 g/mol. The Balaban J connectivity index is 1.49. The highest BCUT2D eigenvalue weighted by molar-refractivity contribution is 8.18. The number of aromatic carboxylic acids is 1. The number of nitrogens with zero attached hydrogens (tertiary/aromatic N) is 1. The van der Waals surface area contributed by atoms with Gasteiger partial charge in [-0.15, -0.1) is 0 Å². The summed E-state index contributed by atoms with van der Waals surface area (Å²) in [5, 5.41) is 12.9. The summed E-state index contributed by atoms with van der Waals surface area (Å²) in [5.74, 6) is -0.596. The Morgan fingerprint density at radius 1 is 1.06 bits per heavy atom. The molecule has 1 aliphatic rings. The smallest absolute Gasteiger partial charge is 0.335 e. The molecule has 0 bridgehead atoms.